The summed E-state index contributed by atoms with van der Waals surface area (Å²) in [7, 11) is -2.26. The SMILES string of the molecule is C=CCC(C)(O)c1ccccc1.C=C[CH2-].CC(=O)c1ccccc1.CC(O)(CCO)c1ccccc1.Cc1ccc(S(=O)(=O)Cl)cc1.Cc1ccc(S(=O)(=O)OCCC(C)(O)c2ccccc2)cc1.Cc1cccc(N2CCC(C)(c3ccccc3)OC2=O)c1.Cc1cccc(N=C=O)c1.OOO.[B].[Br-].[H-].[Mg+2].[Na+]. The number of benzene rings is 9. The Morgan fingerprint density at radius 2 is 1.04 bits per heavy atom. The van der Waals surface area contributed by atoms with E-state index in [-0.39, 0.29) is 121 Å². The van der Waals surface area contributed by atoms with Crippen LogP contribution in [0.4, 0.5) is 16.2 Å². The van der Waals surface area contributed by atoms with Crippen molar-refractivity contribution in [2.75, 3.05) is 24.7 Å². The molecule has 18 nitrogen and oxygen atoms in total. The zero-order chi connectivity index (χ0) is 77.1. The molecule has 1 heterocycles. The van der Waals surface area contributed by atoms with Crippen LogP contribution < -0.4 is 51.4 Å². The molecule has 25 heteroatoms. The van der Waals surface area contributed by atoms with Crippen LogP contribution in [0, 0.1) is 34.6 Å². The summed E-state index contributed by atoms with van der Waals surface area (Å²) in [6, 6.07) is 75.4. The molecule has 563 valence electrons. The first-order valence-electron chi connectivity index (χ1n) is 32.4. The molecule has 1 saturated heterocycles. The molecule has 0 spiro atoms. The minimum Gasteiger partial charge on any atom is -1.00 e. The van der Waals surface area contributed by atoms with Crippen molar-refractivity contribution >= 4 is 90.6 Å². The zero-order valence-corrected chi connectivity index (χ0v) is 69.8. The molecule has 9 aromatic carbocycles. The number of amides is 1. The van der Waals surface area contributed by atoms with Crippen molar-refractivity contribution in [2.45, 2.75) is 120 Å². The number of aryl methyl sites for hydroxylation is 4. The number of hydrogen-bond acceptors (Lipinski definition) is 17. The molecule has 107 heavy (non-hydrogen) atoms. The third kappa shape index (κ3) is 40.7. The summed E-state index contributed by atoms with van der Waals surface area (Å²) < 4.78 is 56.3. The van der Waals surface area contributed by atoms with Crippen molar-refractivity contribution in [3.8, 4) is 0 Å². The molecule has 1 fully saturated rings. The van der Waals surface area contributed by atoms with E-state index in [4.69, 9.17) is 35.2 Å². The van der Waals surface area contributed by atoms with Crippen molar-refractivity contribution < 1.29 is 124 Å². The number of carbonyl (C=O) groups excluding carboxylic acids is 3. The maximum atomic E-state index is 12.4. The second-order valence-corrected chi connectivity index (χ2v) is 28.2. The molecule has 4 unspecified atom stereocenters. The van der Waals surface area contributed by atoms with Gasteiger partial charge < -0.3 is 43.6 Å². The molecule has 1 aliphatic rings. The topological polar surface area (TPSA) is 284 Å². The van der Waals surface area contributed by atoms with Gasteiger partial charge in [0.25, 0.3) is 19.2 Å². The fourth-order valence-electron chi connectivity index (χ4n) is 9.28. The van der Waals surface area contributed by atoms with E-state index in [1.165, 1.54) is 36.4 Å². The number of carbonyl (C=O) groups is 2. The van der Waals surface area contributed by atoms with Crippen LogP contribution >= 0.6 is 10.7 Å². The Balaban J connectivity index is -0.000000586. The van der Waals surface area contributed by atoms with Crippen molar-refractivity contribution in [1.29, 1.82) is 0 Å². The van der Waals surface area contributed by atoms with Gasteiger partial charge in [-0.2, -0.15) is 13.4 Å². The summed E-state index contributed by atoms with van der Waals surface area (Å²) in [4.78, 5) is 38.3. The van der Waals surface area contributed by atoms with Crippen LogP contribution in [0.2, 0.25) is 0 Å². The van der Waals surface area contributed by atoms with Crippen molar-refractivity contribution in [3.63, 3.8) is 0 Å². The predicted molar refractivity (Wildman–Crippen MR) is 421 cm³/mol. The molecule has 0 aromatic heterocycles. The minimum absolute atomic E-state index is 0. The minimum atomic E-state index is -3.79. The largest absolute Gasteiger partial charge is 2.00 e. The Kier molecular flexibility index (Phi) is 52.9. The number of anilines is 1. The van der Waals surface area contributed by atoms with Crippen molar-refractivity contribution in [1.82, 2.24) is 0 Å². The number of aliphatic hydroxyl groups is 4. The number of ether oxygens (including phenoxy) is 1. The number of Topliss-reactive ketones (excluding diaryl/α,β-unsaturated/α-hetero) is 1. The molecule has 3 radical (unpaired) electrons. The molecule has 10 rings (SSSR count). The Labute approximate surface area is 689 Å². The van der Waals surface area contributed by atoms with E-state index >= 15 is 0 Å². The predicted octanol–water partition coefficient (Wildman–Crippen LogP) is 11.1. The van der Waals surface area contributed by atoms with Crippen LogP contribution in [0.3, 0.4) is 0 Å². The second kappa shape index (κ2) is 54.4. The van der Waals surface area contributed by atoms with E-state index in [0.717, 1.165) is 62.2 Å². The van der Waals surface area contributed by atoms with Gasteiger partial charge in [0.2, 0.25) is 6.08 Å². The Morgan fingerprint density at radius 1 is 0.645 bits per heavy atom. The van der Waals surface area contributed by atoms with Crippen LogP contribution in [0.1, 0.15) is 117 Å². The maximum Gasteiger partial charge on any atom is 2.00 e. The molecule has 4 atom stereocenters. The first-order chi connectivity index (χ1) is 48.7. The Morgan fingerprint density at radius 3 is 1.41 bits per heavy atom. The van der Waals surface area contributed by atoms with Gasteiger partial charge in [0, 0.05) is 62.8 Å². The number of cyclic esters (lactones) is 1. The number of allylic oxidation sites excluding steroid dienone is 1. The first kappa shape index (κ1) is 104. The molecular weight excluding hydrogens is 1510 g/mol. The van der Waals surface area contributed by atoms with Gasteiger partial charge in [0.05, 0.1) is 38.9 Å². The molecule has 9 aromatic rings. The molecule has 0 aliphatic carbocycles. The van der Waals surface area contributed by atoms with Gasteiger partial charge in [-0.15, -0.1) is 6.58 Å². The summed E-state index contributed by atoms with van der Waals surface area (Å²) >= 11 is 0. The summed E-state index contributed by atoms with van der Waals surface area (Å²) in [5, 5.41) is 54.4. The van der Waals surface area contributed by atoms with E-state index in [2.05, 4.69) is 30.1 Å². The second-order valence-electron chi connectivity index (χ2n) is 24.0. The summed E-state index contributed by atoms with van der Waals surface area (Å²) in [6.07, 6.45) is 6.35. The van der Waals surface area contributed by atoms with Crippen LogP contribution in [0.5, 0.6) is 0 Å². The van der Waals surface area contributed by atoms with Crippen molar-refractivity contribution in [2.24, 2.45) is 4.99 Å². The number of nitrogens with zero attached hydrogens (tertiary/aromatic N) is 2. The van der Waals surface area contributed by atoms with E-state index in [1.54, 1.807) is 81.1 Å². The van der Waals surface area contributed by atoms with Crippen LogP contribution in [0.15, 0.2) is 289 Å². The number of aliphatic imine (C=N–C) groups is 1. The number of isocyanates is 1. The third-order valence-corrected chi connectivity index (χ3v) is 17.9. The summed E-state index contributed by atoms with van der Waals surface area (Å²) in [5.41, 5.74) is 6.75. The number of halogens is 2. The monoisotopic (exact) mass is 1600 g/mol. The smallest absolute Gasteiger partial charge is 1.00 e. The van der Waals surface area contributed by atoms with Gasteiger partial charge in [-0.3, -0.25) is 13.9 Å². The fraction of sp³-hybridized carbons (Fsp3) is 0.244. The number of rotatable bonds is 17. The van der Waals surface area contributed by atoms with E-state index in [9.17, 15) is 46.5 Å². The van der Waals surface area contributed by atoms with Crippen LogP contribution in [-0.2, 0) is 60.3 Å². The molecule has 0 saturated carbocycles. The third-order valence-electron chi connectivity index (χ3n) is 15.2. The normalized spacial score (nSPS) is 13.8. The number of ketones is 1. The number of hydrogen-bond donors (Lipinski definition) is 6. The average Bonchev–Trinajstić information content (AvgIpc) is 0.784. The standard InChI is InChI=1S/C18H19NO2.C17H20O4S.C11H14O.C10H14O2.C8H7NO.C8H8O.C7H7ClO2S.C3H5.B.BrH.Mg.Na.H2O3.H/c1-14-7-6-10-16(13-14)19-12-11-18(2,21-17(19)20)15-8-4-3-5-9-15;1-14-8-10-16(11-9-14)22(19,20)21-13-12-17(2,18)15-6-4-3-5-7-15;1-3-9-11(2,12)10-7-5-4-6-8-10;1-10(12,7-8-11)9-5-3-2-4-6-9;1-7-3-2-4-8(5-7)9-6-10;1-7(9)8-5-3-2-4-6-8;1-6-2-4-7(5-3-6)11(8,9)10;1-3-2;;;;;1-3-2;/h3-10,13H,11-12H2,1-2H3;3-11,18H,12-13H2,1-2H3;3-8,12H,1,9H2,2H3;2-6,11-12H,7-8H2,1H3;2-5H,1H3;2-6H,1H3;2-5H,1H3;3H,1-2H2;;1H;;;1-2H;/q;;;;;;;-1;;;+2;+1;;-1/p-1. The Hall–Kier alpha value is -7.17. The fourth-order valence-corrected chi connectivity index (χ4v) is 11.0. The number of aliphatic hydroxyl groups excluding tert-OH is 1. The van der Waals surface area contributed by atoms with Gasteiger partial charge in [-0.25, -0.2) is 48.1 Å². The molecule has 0 bridgehead atoms. The van der Waals surface area contributed by atoms with Gasteiger partial charge in [-0.1, -0.05) is 222 Å². The van der Waals surface area contributed by atoms with E-state index in [0.29, 0.717) is 25.1 Å². The summed E-state index contributed by atoms with van der Waals surface area (Å²) in [6.45, 7) is 27.1. The van der Waals surface area contributed by atoms with E-state index in [1.807, 2.05) is 217 Å². The average molecular weight is 1600 g/mol. The van der Waals surface area contributed by atoms with Crippen LogP contribution in [0.25, 0.3) is 0 Å². The molecular formula is C82H97BBrClMgN2NaO16S2. The summed E-state index contributed by atoms with van der Waals surface area (Å²) in [5.74, 6) is 0.121. The zero-order valence-electron chi connectivity index (χ0n) is 63.4. The molecule has 6 N–H and O–H groups in total. The molecule has 1 amide bonds. The van der Waals surface area contributed by atoms with Gasteiger partial charge in [0.15, 0.2) is 5.78 Å². The van der Waals surface area contributed by atoms with Crippen molar-refractivity contribution in [3.05, 3.63) is 331 Å². The quantitative estimate of drug-likeness (QED) is 0.00472. The van der Waals surface area contributed by atoms with E-state index < -0.39 is 41.6 Å². The van der Waals surface area contributed by atoms with Gasteiger partial charge in [0.1, 0.15) is 5.60 Å². The van der Waals surface area contributed by atoms with Gasteiger partial charge in [-0.05, 0) is 151 Å². The van der Waals surface area contributed by atoms with Crippen LogP contribution in [-0.4, -0.2) is 117 Å². The Bertz CT molecular complexity index is 4250. The molecule has 1 aliphatic heterocycles. The maximum absolute atomic E-state index is 12.4. The first-order valence-corrected chi connectivity index (χ1v) is 36.1. The van der Waals surface area contributed by atoms with Gasteiger partial charge >= 0.3 is 58.7 Å².